The molecule has 0 atom stereocenters. The molecule has 35 heavy (non-hydrogen) atoms. The van der Waals surface area contributed by atoms with Crippen LogP contribution in [0.3, 0.4) is 0 Å². The molecule has 0 N–H and O–H groups in total. The highest BCUT2D eigenvalue weighted by Gasteiger charge is 2.32. The average molecular weight is 464 g/mol. The Labute approximate surface area is 201 Å². The molecule has 0 aliphatic heterocycles. The molecule has 4 heterocycles. The van der Waals surface area contributed by atoms with Crippen LogP contribution in [0.15, 0.2) is 53.3 Å². The Morgan fingerprint density at radius 3 is 2.69 bits per heavy atom. The molecular weight excluding hydrogens is 442 g/mol. The summed E-state index contributed by atoms with van der Waals surface area (Å²) >= 11 is 0. The van der Waals surface area contributed by atoms with Crippen molar-refractivity contribution >= 4 is 11.1 Å². The van der Waals surface area contributed by atoms with E-state index in [0.29, 0.717) is 35.4 Å². The number of hydrogen-bond acceptors (Lipinski definition) is 8. The molecule has 1 fully saturated rings. The Balaban J connectivity index is 1.34. The molecule has 1 aliphatic carbocycles. The first kappa shape index (κ1) is 21.0. The van der Waals surface area contributed by atoms with Crippen LogP contribution in [-0.4, -0.2) is 36.8 Å². The van der Waals surface area contributed by atoms with E-state index in [0.717, 1.165) is 52.3 Å². The summed E-state index contributed by atoms with van der Waals surface area (Å²) in [7, 11) is 1.59. The number of oxazole rings is 1. The first-order valence-electron chi connectivity index (χ1n) is 11.3. The number of aryl methyl sites for hydroxylation is 1. The van der Waals surface area contributed by atoms with Crippen LogP contribution >= 0.6 is 0 Å². The first-order chi connectivity index (χ1) is 17.1. The van der Waals surface area contributed by atoms with Crippen molar-refractivity contribution < 1.29 is 9.15 Å². The third-order valence-electron chi connectivity index (χ3n) is 6.15. The third-order valence-corrected chi connectivity index (χ3v) is 6.15. The summed E-state index contributed by atoms with van der Waals surface area (Å²) in [6, 6.07) is 13.7. The first-order valence-corrected chi connectivity index (χ1v) is 11.3. The summed E-state index contributed by atoms with van der Waals surface area (Å²) in [5, 5.41) is 13.4. The van der Waals surface area contributed by atoms with E-state index in [1.807, 2.05) is 37.3 Å². The Kier molecular flexibility index (Phi) is 4.99. The van der Waals surface area contributed by atoms with Gasteiger partial charge in [0.05, 0.1) is 24.2 Å². The molecule has 5 aromatic rings. The molecular formula is C26H21N7O2. The second-order valence-corrected chi connectivity index (χ2v) is 8.58. The van der Waals surface area contributed by atoms with Crippen molar-refractivity contribution in [3.63, 3.8) is 0 Å². The predicted octanol–water partition coefficient (Wildman–Crippen LogP) is 4.52. The summed E-state index contributed by atoms with van der Waals surface area (Å²) in [5.41, 5.74) is 7.05. The van der Waals surface area contributed by atoms with Gasteiger partial charge < -0.3 is 9.15 Å². The maximum absolute atomic E-state index is 9.11. The van der Waals surface area contributed by atoms with Gasteiger partial charge in [0.15, 0.2) is 11.3 Å². The van der Waals surface area contributed by atoms with Crippen LogP contribution in [-0.2, 0) is 6.42 Å². The lowest BCUT2D eigenvalue weighted by Gasteiger charge is -2.08. The van der Waals surface area contributed by atoms with E-state index >= 15 is 0 Å². The van der Waals surface area contributed by atoms with Crippen LogP contribution < -0.4 is 4.74 Å². The molecule has 0 bridgehead atoms. The average Bonchev–Trinajstić information content (AvgIpc) is 3.53. The minimum atomic E-state index is 0.385. The molecule has 1 aromatic carbocycles. The molecule has 0 saturated heterocycles. The van der Waals surface area contributed by atoms with E-state index in [1.54, 1.807) is 24.1 Å². The summed E-state index contributed by atoms with van der Waals surface area (Å²) in [5.74, 6) is 1.30. The monoisotopic (exact) mass is 463 g/mol. The molecule has 0 radical (unpaired) electrons. The van der Waals surface area contributed by atoms with Crippen LogP contribution in [0.25, 0.3) is 28.2 Å². The van der Waals surface area contributed by atoms with E-state index in [1.165, 1.54) is 6.33 Å². The third kappa shape index (κ3) is 3.79. The highest BCUT2D eigenvalue weighted by molar-refractivity contribution is 5.79. The number of benzene rings is 1. The van der Waals surface area contributed by atoms with Crippen LogP contribution in [0.5, 0.6) is 5.88 Å². The minimum absolute atomic E-state index is 0.385. The molecule has 9 heteroatoms. The smallest absolute Gasteiger partial charge is 0.234 e. The zero-order chi connectivity index (χ0) is 23.9. The van der Waals surface area contributed by atoms with Crippen molar-refractivity contribution in [3.05, 3.63) is 77.3 Å². The van der Waals surface area contributed by atoms with Gasteiger partial charge in [0.2, 0.25) is 11.8 Å². The zero-order valence-corrected chi connectivity index (χ0v) is 19.3. The number of hydrogen-bond donors (Lipinski definition) is 0. The van der Waals surface area contributed by atoms with Gasteiger partial charge in [-0.3, -0.25) is 4.98 Å². The molecule has 0 spiro atoms. The lowest BCUT2D eigenvalue weighted by atomic mass is 10.1. The number of aromatic nitrogens is 6. The summed E-state index contributed by atoms with van der Waals surface area (Å²) in [6.07, 6.45) is 6.03. The van der Waals surface area contributed by atoms with E-state index < -0.39 is 0 Å². The number of rotatable bonds is 6. The fraction of sp³-hybridized carbons (Fsp3) is 0.231. The fourth-order valence-corrected chi connectivity index (χ4v) is 4.28. The molecule has 1 saturated carbocycles. The topological polar surface area (TPSA) is 116 Å². The van der Waals surface area contributed by atoms with Gasteiger partial charge >= 0.3 is 0 Å². The highest BCUT2D eigenvalue weighted by Crippen LogP contribution is 2.45. The SMILES string of the molecule is COc1ncnc(C2CC2)c1-c1nc2ccnc(Cc3ccc(-n4nc(C#N)cc4C)cc3)c2o1. The molecule has 9 nitrogen and oxygen atoms in total. The van der Waals surface area contributed by atoms with E-state index in [4.69, 9.17) is 19.4 Å². The molecule has 6 rings (SSSR count). The predicted molar refractivity (Wildman–Crippen MR) is 127 cm³/mol. The van der Waals surface area contributed by atoms with Crippen LogP contribution in [0.4, 0.5) is 0 Å². The number of nitriles is 1. The summed E-state index contributed by atoms with van der Waals surface area (Å²) < 4.78 is 13.5. The Morgan fingerprint density at radius 1 is 1.14 bits per heavy atom. The Morgan fingerprint density at radius 2 is 1.97 bits per heavy atom. The molecule has 0 amide bonds. The van der Waals surface area contributed by atoms with Crippen molar-refractivity contribution in [1.29, 1.82) is 5.26 Å². The van der Waals surface area contributed by atoms with E-state index in [2.05, 4.69) is 26.1 Å². The van der Waals surface area contributed by atoms with Gasteiger partial charge in [0.1, 0.15) is 23.5 Å². The van der Waals surface area contributed by atoms with Crippen molar-refractivity contribution in [2.24, 2.45) is 0 Å². The van der Waals surface area contributed by atoms with Gasteiger partial charge in [-0.1, -0.05) is 12.1 Å². The molecule has 4 aromatic heterocycles. The highest BCUT2D eigenvalue weighted by atomic mass is 16.5. The molecule has 172 valence electrons. The van der Waals surface area contributed by atoms with Gasteiger partial charge in [0.25, 0.3) is 0 Å². The Hall–Kier alpha value is -4.58. The molecule has 0 unspecified atom stereocenters. The quantitative estimate of drug-likeness (QED) is 0.361. The second-order valence-electron chi connectivity index (χ2n) is 8.58. The van der Waals surface area contributed by atoms with Crippen molar-refractivity contribution in [3.8, 4) is 29.1 Å². The summed E-state index contributed by atoms with van der Waals surface area (Å²) in [4.78, 5) is 18.1. The lowest BCUT2D eigenvalue weighted by Crippen LogP contribution is -2.00. The second kappa shape index (κ2) is 8.33. The number of methoxy groups -OCH3 is 1. The fourth-order valence-electron chi connectivity index (χ4n) is 4.28. The van der Waals surface area contributed by atoms with E-state index in [-0.39, 0.29) is 0 Å². The van der Waals surface area contributed by atoms with Crippen molar-refractivity contribution in [2.45, 2.75) is 32.1 Å². The normalized spacial score (nSPS) is 13.2. The zero-order valence-electron chi connectivity index (χ0n) is 19.3. The largest absolute Gasteiger partial charge is 0.480 e. The number of fused-ring (bicyclic) bond motifs is 1. The maximum atomic E-state index is 9.11. The maximum Gasteiger partial charge on any atom is 0.234 e. The van der Waals surface area contributed by atoms with Gasteiger partial charge in [-0.15, -0.1) is 0 Å². The molecule has 1 aliphatic rings. The van der Waals surface area contributed by atoms with Crippen molar-refractivity contribution in [1.82, 2.24) is 29.7 Å². The summed E-state index contributed by atoms with van der Waals surface area (Å²) in [6.45, 7) is 1.93. The van der Waals surface area contributed by atoms with Crippen LogP contribution in [0.1, 0.15) is 47.1 Å². The number of nitrogens with zero attached hydrogens (tertiary/aromatic N) is 7. The van der Waals surface area contributed by atoms with Gasteiger partial charge in [-0.25, -0.2) is 19.6 Å². The van der Waals surface area contributed by atoms with Gasteiger partial charge in [-0.2, -0.15) is 10.4 Å². The number of ether oxygens (including phenoxy) is 1. The van der Waals surface area contributed by atoms with E-state index in [9.17, 15) is 0 Å². The van der Waals surface area contributed by atoms with Crippen molar-refractivity contribution in [2.75, 3.05) is 7.11 Å². The standard InChI is InChI=1S/C26H21N7O2/c1-15-11-18(13-27)32-33(15)19-7-3-16(4-8-19)12-21-24-20(9-10-28-21)31-26(35-24)22-23(17-5-6-17)29-14-30-25(22)34-2/h3-4,7-11,14,17H,5-6,12H2,1-2H3. The van der Waals surface area contributed by atoms with Crippen LogP contribution in [0.2, 0.25) is 0 Å². The van der Waals surface area contributed by atoms with Crippen LogP contribution in [0, 0.1) is 18.3 Å². The van der Waals surface area contributed by atoms with Gasteiger partial charge in [-0.05, 0) is 49.6 Å². The Bertz CT molecular complexity index is 1590. The number of pyridine rings is 1. The van der Waals surface area contributed by atoms with Gasteiger partial charge in [0, 0.05) is 24.2 Å². The lowest BCUT2D eigenvalue weighted by molar-refractivity contribution is 0.396. The minimum Gasteiger partial charge on any atom is -0.480 e.